The van der Waals surface area contributed by atoms with Crippen LogP contribution in [0.3, 0.4) is 0 Å². The summed E-state index contributed by atoms with van der Waals surface area (Å²) in [4.78, 5) is 4.25. The van der Waals surface area contributed by atoms with Crippen molar-refractivity contribution in [2.45, 2.75) is 32.6 Å². The molecule has 4 nitrogen and oxygen atoms in total. The minimum Gasteiger partial charge on any atom is -0.381 e. The predicted octanol–water partition coefficient (Wildman–Crippen LogP) is 2.52. The lowest BCUT2D eigenvalue weighted by atomic mass is 10.1. The van der Waals surface area contributed by atoms with Crippen LogP contribution < -0.4 is 10.6 Å². The van der Waals surface area contributed by atoms with Crippen LogP contribution in [0.25, 0.3) is 0 Å². The van der Waals surface area contributed by atoms with E-state index in [1.807, 2.05) is 7.05 Å². The fourth-order valence-corrected chi connectivity index (χ4v) is 2.33. The fourth-order valence-electron chi connectivity index (χ4n) is 2.33. The highest BCUT2D eigenvalue weighted by Gasteiger charge is 2.20. The van der Waals surface area contributed by atoms with E-state index in [9.17, 15) is 0 Å². The van der Waals surface area contributed by atoms with Crippen molar-refractivity contribution in [2.24, 2.45) is 10.9 Å². The molecule has 122 valence electrons. The van der Waals surface area contributed by atoms with Crippen LogP contribution >= 0.6 is 0 Å². The molecule has 1 aromatic rings. The molecule has 0 unspecified atom stereocenters. The van der Waals surface area contributed by atoms with Gasteiger partial charge in [-0.3, -0.25) is 4.99 Å². The van der Waals surface area contributed by atoms with Gasteiger partial charge in [0.25, 0.3) is 0 Å². The van der Waals surface area contributed by atoms with E-state index in [4.69, 9.17) is 4.74 Å². The molecule has 1 aliphatic carbocycles. The van der Waals surface area contributed by atoms with E-state index in [1.165, 1.54) is 24.0 Å². The third kappa shape index (κ3) is 6.94. The lowest BCUT2D eigenvalue weighted by Gasteiger charge is -2.12. The molecular weight excluding hydrogens is 274 g/mol. The first-order chi connectivity index (χ1) is 10.8. The zero-order valence-corrected chi connectivity index (χ0v) is 13.9. The highest BCUT2D eigenvalue weighted by Crippen LogP contribution is 2.28. The summed E-state index contributed by atoms with van der Waals surface area (Å²) in [6.07, 6.45) is 4.74. The van der Waals surface area contributed by atoms with Gasteiger partial charge >= 0.3 is 0 Å². The summed E-state index contributed by atoms with van der Waals surface area (Å²) in [5, 5.41) is 6.68. The summed E-state index contributed by atoms with van der Waals surface area (Å²) < 4.78 is 5.62. The first kappa shape index (κ1) is 16.8. The largest absolute Gasteiger partial charge is 0.381 e. The Morgan fingerprint density at radius 2 is 2.09 bits per heavy atom. The van der Waals surface area contributed by atoms with Crippen molar-refractivity contribution >= 4 is 5.96 Å². The normalized spacial score (nSPS) is 14.9. The molecular formula is C18H29N3O. The average Bonchev–Trinajstić information content (AvgIpc) is 3.33. The summed E-state index contributed by atoms with van der Waals surface area (Å²) in [6.45, 7) is 5.70. The van der Waals surface area contributed by atoms with Gasteiger partial charge in [-0.25, -0.2) is 0 Å². The molecule has 4 heteroatoms. The van der Waals surface area contributed by atoms with Gasteiger partial charge in [-0.15, -0.1) is 0 Å². The van der Waals surface area contributed by atoms with Gasteiger partial charge in [-0.05, 0) is 44.1 Å². The average molecular weight is 303 g/mol. The first-order valence-corrected chi connectivity index (χ1v) is 8.35. The molecule has 1 aliphatic rings. The van der Waals surface area contributed by atoms with E-state index >= 15 is 0 Å². The summed E-state index contributed by atoms with van der Waals surface area (Å²) in [7, 11) is 1.81. The Labute approximate surface area is 134 Å². The summed E-state index contributed by atoms with van der Waals surface area (Å²) in [6, 6.07) is 8.64. The van der Waals surface area contributed by atoms with Crippen molar-refractivity contribution in [3.63, 3.8) is 0 Å². The lowest BCUT2D eigenvalue weighted by molar-refractivity contribution is 0.123. The Balaban J connectivity index is 1.52. The van der Waals surface area contributed by atoms with Gasteiger partial charge in [0.1, 0.15) is 0 Å². The van der Waals surface area contributed by atoms with Crippen LogP contribution in [-0.2, 0) is 11.2 Å². The highest BCUT2D eigenvalue weighted by atomic mass is 16.5. The van der Waals surface area contributed by atoms with Crippen molar-refractivity contribution in [3.05, 3.63) is 35.4 Å². The number of nitrogens with zero attached hydrogens (tertiary/aromatic N) is 1. The molecule has 0 spiro atoms. The first-order valence-electron chi connectivity index (χ1n) is 8.35. The van der Waals surface area contributed by atoms with Crippen molar-refractivity contribution in [3.8, 4) is 0 Å². The fraction of sp³-hybridized carbons (Fsp3) is 0.611. The molecule has 0 bridgehead atoms. The number of benzene rings is 1. The maximum absolute atomic E-state index is 5.62. The standard InChI is InChI=1S/C18H29N3O/c1-15-5-3-6-16(13-15)9-11-21-18(19-2)20-10-4-12-22-14-17-7-8-17/h3,5-6,13,17H,4,7-12,14H2,1-2H3,(H2,19,20,21). The van der Waals surface area contributed by atoms with Crippen molar-refractivity contribution < 1.29 is 4.74 Å². The van der Waals surface area contributed by atoms with E-state index in [2.05, 4.69) is 46.8 Å². The maximum Gasteiger partial charge on any atom is 0.190 e. The van der Waals surface area contributed by atoms with Crippen molar-refractivity contribution in [1.29, 1.82) is 0 Å². The maximum atomic E-state index is 5.62. The summed E-state index contributed by atoms with van der Waals surface area (Å²) >= 11 is 0. The SMILES string of the molecule is CN=C(NCCCOCC1CC1)NCCc1cccc(C)c1. The molecule has 0 radical (unpaired) electrons. The third-order valence-corrected chi connectivity index (χ3v) is 3.82. The Kier molecular flexibility index (Phi) is 7.23. The quantitative estimate of drug-likeness (QED) is 0.419. The zero-order valence-electron chi connectivity index (χ0n) is 13.9. The smallest absolute Gasteiger partial charge is 0.190 e. The topological polar surface area (TPSA) is 45.7 Å². The van der Waals surface area contributed by atoms with Crippen LogP contribution in [0.5, 0.6) is 0 Å². The number of hydrogen-bond donors (Lipinski definition) is 2. The Hall–Kier alpha value is -1.55. The molecule has 1 fully saturated rings. The Morgan fingerprint density at radius 1 is 1.27 bits per heavy atom. The third-order valence-electron chi connectivity index (χ3n) is 3.82. The van der Waals surface area contributed by atoms with Crippen LogP contribution in [0.15, 0.2) is 29.3 Å². The van der Waals surface area contributed by atoms with E-state index in [-0.39, 0.29) is 0 Å². The number of hydrogen-bond acceptors (Lipinski definition) is 2. The van der Waals surface area contributed by atoms with Gasteiger partial charge in [-0.1, -0.05) is 29.8 Å². The molecule has 0 amide bonds. The Morgan fingerprint density at radius 3 is 2.82 bits per heavy atom. The molecule has 1 saturated carbocycles. The molecule has 0 atom stereocenters. The van der Waals surface area contributed by atoms with Crippen LogP contribution in [0, 0.1) is 12.8 Å². The molecule has 1 aromatic carbocycles. The van der Waals surface area contributed by atoms with Crippen LogP contribution in [0.4, 0.5) is 0 Å². The van der Waals surface area contributed by atoms with Gasteiger partial charge < -0.3 is 15.4 Å². The van der Waals surface area contributed by atoms with Crippen LogP contribution in [0.1, 0.15) is 30.4 Å². The van der Waals surface area contributed by atoms with Gasteiger partial charge in [0.15, 0.2) is 5.96 Å². The zero-order chi connectivity index (χ0) is 15.6. The minimum absolute atomic E-state index is 0.837. The van der Waals surface area contributed by atoms with Gasteiger partial charge in [0.2, 0.25) is 0 Å². The molecule has 22 heavy (non-hydrogen) atoms. The second-order valence-electron chi connectivity index (χ2n) is 6.04. The number of aliphatic imine (C=N–C) groups is 1. The number of ether oxygens (including phenoxy) is 1. The summed E-state index contributed by atoms with van der Waals surface area (Å²) in [5.74, 6) is 1.72. The number of aryl methyl sites for hydroxylation is 1. The second-order valence-corrected chi connectivity index (χ2v) is 6.04. The minimum atomic E-state index is 0.837. The molecule has 0 aliphatic heterocycles. The lowest BCUT2D eigenvalue weighted by Crippen LogP contribution is -2.39. The van der Waals surface area contributed by atoms with Crippen molar-refractivity contribution in [1.82, 2.24) is 10.6 Å². The second kappa shape index (κ2) is 9.46. The van der Waals surface area contributed by atoms with Crippen molar-refractivity contribution in [2.75, 3.05) is 33.4 Å². The van der Waals surface area contributed by atoms with E-state index in [1.54, 1.807) is 0 Å². The molecule has 0 saturated heterocycles. The molecule has 2 N–H and O–H groups in total. The van der Waals surface area contributed by atoms with E-state index < -0.39 is 0 Å². The summed E-state index contributed by atoms with van der Waals surface area (Å²) in [5.41, 5.74) is 2.67. The molecule has 2 rings (SSSR count). The number of guanidine groups is 1. The van der Waals surface area contributed by atoms with Crippen LogP contribution in [-0.4, -0.2) is 39.3 Å². The number of rotatable bonds is 9. The van der Waals surface area contributed by atoms with Gasteiger partial charge in [-0.2, -0.15) is 0 Å². The monoisotopic (exact) mass is 303 g/mol. The van der Waals surface area contributed by atoms with Crippen LogP contribution in [0.2, 0.25) is 0 Å². The predicted molar refractivity (Wildman–Crippen MR) is 92.4 cm³/mol. The van der Waals surface area contributed by atoms with Gasteiger partial charge in [0.05, 0.1) is 0 Å². The highest BCUT2D eigenvalue weighted by molar-refractivity contribution is 5.79. The molecule has 0 aromatic heterocycles. The number of nitrogens with one attached hydrogen (secondary N) is 2. The molecule has 0 heterocycles. The van der Waals surface area contributed by atoms with E-state index in [0.29, 0.717) is 0 Å². The van der Waals surface area contributed by atoms with E-state index in [0.717, 1.165) is 51.0 Å². The Bertz CT molecular complexity index is 469. The van der Waals surface area contributed by atoms with Gasteiger partial charge in [0, 0.05) is 33.4 Å².